The molecule has 4 aromatic rings. The van der Waals surface area contributed by atoms with Crippen LogP contribution in [0.25, 0.3) is 16.7 Å². The molecule has 1 unspecified atom stereocenters. The first-order valence-corrected chi connectivity index (χ1v) is 10.4. The Morgan fingerprint density at radius 3 is 2.76 bits per heavy atom. The first-order valence-electron chi connectivity index (χ1n) is 10.4. The van der Waals surface area contributed by atoms with Gasteiger partial charge in [0.1, 0.15) is 16.7 Å². The number of anilines is 2. The first kappa shape index (κ1) is 21.1. The molecule has 5 rings (SSSR count). The van der Waals surface area contributed by atoms with Crippen LogP contribution >= 0.6 is 0 Å². The van der Waals surface area contributed by atoms with Crippen LogP contribution in [0.5, 0.6) is 0 Å². The smallest absolute Gasteiger partial charge is 0.281 e. The van der Waals surface area contributed by atoms with E-state index in [9.17, 15) is 18.0 Å². The molecule has 3 aromatic heterocycles. The van der Waals surface area contributed by atoms with Crippen LogP contribution in [-0.4, -0.2) is 50.9 Å². The Morgan fingerprint density at radius 2 is 2.00 bits per heavy atom. The van der Waals surface area contributed by atoms with Crippen molar-refractivity contribution in [3.63, 3.8) is 0 Å². The third-order valence-electron chi connectivity index (χ3n) is 5.56. The third kappa shape index (κ3) is 3.95. The average molecular weight is 455 g/mol. The number of rotatable bonds is 4. The van der Waals surface area contributed by atoms with Crippen molar-refractivity contribution in [2.24, 2.45) is 0 Å². The zero-order valence-corrected chi connectivity index (χ0v) is 17.6. The van der Waals surface area contributed by atoms with Crippen LogP contribution in [-0.2, 0) is 0 Å². The third-order valence-corrected chi connectivity index (χ3v) is 5.56. The van der Waals surface area contributed by atoms with Gasteiger partial charge in [-0.2, -0.15) is 0 Å². The van der Waals surface area contributed by atoms with E-state index in [0.29, 0.717) is 17.1 Å². The van der Waals surface area contributed by atoms with Gasteiger partial charge in [0.25, 0.3) is 12.3 Å². The maximum atomic E-state index is 14.4. The van der Waals surface area contributed by atoms with Gasteiger partial charge in [-0.05, 0) is 19.1 Å². The lowest BCUT2D eigenvalue weighted by Gasteiger charge is -2.34. The summed E-state index contributed by atoms with van der Waals surface area (Å²) in [7, 11) is 0. The molecule has 1 aliphatic rings. The molecule has 0 bridgehead atoms. The number of nitrogens with one attached hydrogen (secondary N) is 2. The predicted octanol–water partition coefficient (Wildman–Crippen LogP) is 3.40. The number of carbonyl (C=O) groups excluding carboxylic acids is 1. The van der Waals surface area contributed by atoms with Crippen LogP contribution < -0.4 is 15.5 Å². The van der Waals surface area contributed by atoms with Crippen molar-refractivity contribution in [3.05, 3.63) is 60.1 Å². The molecule has 0 saturated carbocycles. The minimum atomic E-state index is -2.83. The Hall–Kier alpha value is -3.73. The molecule has 0 radical (unpaired) electrons. The van der Waals surface area contributed by atoms with Crippen LogP contribution in [0.4, 0.5) is 24.5 Å². The molecule has 33 heavy (non-hydrogen) atoms. The maximum Gasteiger partial charge on any atom is 0.281 e. The number of carbonyl (C=O) groups is 1. The summed E-state index contributed by atoms with van der Waals surface area (Å²) in [6.45, 7) is 4.53. The number of imidazole rings is 1. The van der Waals surface area contributed by atoms with Gasteiger partial charge in [-0.15, -0.1) is 0 Å². The number of nitrogens with zero attached hydrogens (tertiary/aromatic N) is 5. The molecule has 0 spiro atoms. The molecule has 4 heterocycles. The standard InChI is InChI=1S/C22H20F3N7O/c1-12-9-31(7-6-26-12)17-3-2-14(18-19(17)28-5-4-27-18)22(33)29-13-8-15(23)21-30-16(20(24)25)11-32(21)10-13/h2-5,8,10-12,20,26H,6-7,9H2,1H3,(H,29,33). The summed E-state index contributed by atoms with van der Waals surface area (Å²) in [5.74, 6) is -1.35. The minimum absolute atomic E-state index is 0.0975. The van der Waals surface area contributed by atoms with Gasteiger partial charge in [0.2, 0.25) is 0 Å². The first-order chi connectivity index (χ1) is 15.9. The number of benzene rings is 1. The fourth-order valence-electron chi connectivity index (χ4n) is 4.08. The number of alkyl halides is 2. The van der Waals surface area contributed by atoms with E-state index in [1.807, 2.05) is 6.07 Å². The number of fused-ring (bicyclic) bond motifs is 2. The van der Waals surface area contributed by atoms with Crippen LogP contribution in [0.2, 0.25) is 0 Å². The summed E-state index contributed by atoms with van der Waals surface area (Å²) in [5, 5.41) is 6.01. The van der Waals surface area contributed by atoms with E-state index in [4.69, 9.17) is 0 Å². The van der Waals surface area contributed by atoms with Gasteiger partial charge in [0.15, 0.2) is 11.5 Å². The Bertz CT molecular complexity index is 1360. The normalized spacial score (nSPS) is 16.6. The highest BCUT2D eigenvalue weighted by molar-refractivity contribution is 6.13. The van der Waals surface area contributed by atoms with Crippen molar-refractivity contribution < 1.29 is 18.0 Å². The van der Waals surface area contributed by atoms with Crippen molar-refractivity contribution in [2.45, 2.75) is 19.4 Å². The fraction of sp³-hybridized carbons (Fsp3) is 0.273. The van der Waals surface area contributed by atoms with Crippen LogP contribution in [0, 0.1) is 5.82 Å². The molecule has 1 fully saturated rings. The Kier molecular flexibility index (Phi) is 5.33. The van der Waals surface area contributed by atoms with Crippen molar-refractivity contribution in [3.8, 4) is 0 Å². The van der Waals surface area contributed by atoms with Gasteiger partial charge in [-0.3, -0.25) is 14.8 Å². The quantitative estimate of drug-likeness (QED) is 0.491. The monoisotopic (exact) mass is 455 g/mol. The summed E-state index contributed by atoms with van der Waals surface area (Å²) in [4.78, 5) is 27.7. The van der Waals surface area contributed by atoms with E-state index >= 15 is 0 Å². The van der Waals surface area contributed by atoms with Gasteiger partial charge in [0.05, 0.1) is 16.9 Å². The molecule has 170 valence electrons. The van der Waals surface area contributed by atoms with Gasteiger partial charge >= 0.3 is 0 Å². The molecule has 1 aliphatic heterocycles. The SMILES string of the molecule is CC1CN(c2ccc(C(=O)Nc3cc(F)c4nc(C(F)F)cn4c3)c3nccnc23)CCN1. The predicted molar refractivity (Wildman–Crippen MR) is 117 cm³/mol. The Labute approximate surface area is 186 Å². The lowest BCUT2D eigenvalue weighted by atomic mass is 10.1. The zero-order valence-electron chi connectivity index (χ0n) is 17.6. The van der Waals surface area contributed by atoms with Crippen LogP contribution in [0.1, 0.15) is 29.4 Å². The van der Waals surface area contributed by atoms with Gasteiger partial charge in [-0.25, -0.2) is 18.2 Å². The molecule has 2 N–H and O–H groups in total. The molecular weight excluding hydrogens is 435 g/mol. The highest BCUT2D eigenvalue weighted by Gasteiger charge is 2.22. The fourth-order valence-corrected chi connectivity index (χ4v) is 4.08. The van der Waals surface area contributed by atoms with Crippen molar-refractivity contribution >= 4 is 34.0 Å². The summed E-state index contributed by atoms with van der Waals surface area (Å²) < 4.78 is 41.4. The molecule has 1 aromatic carbocycles. The van der Waals surface area contributed by atoms with E-state index in [1.165, 1.54) is 12.4 Å². The highest BCUT2D eigenvalue weighted by Crippen LogP contribution is 2.28. The number of piperazine rings is 1. The van der Waals surface area contributed by atoms with E-state index in [1.54, 1.807) is 12.3 Å². The lowest BCUT2D eigenvalue weighted by Crippen LogP contribution is -2.49. The van der Waals surface area contributed by atoms with Gasteiger partial charge in [0, 0.05) is 56.5 Å². The van der Waals surface area contributed by atoms with Crippen molar-refractivity contribution in [1.29, 1.82) is 0 Å². The van der Waals surface area contributed by atoms with Crippen molar-refractivity contribution in [2.75, 3.05) is 29.9 Å². The highest BCUT2D eigenvalue weighted by atomic mass is 19.3. The second-order valence-electron chi connectivity index (χ2n) is 7.92. The molecule has 11 heteroatoms. The molecule has 1 saturated heterocycles. The molecule has 8 nitrogen and oxygen atoms in total. The number of amides is 1. The number of pyridine rings is 1. The van der Waals surface area contributed by atoms with E-state index in [-0.39, 0.29) is 16.9 Å². The van der Waals surface area contributed by atoms with Gasteiger partial charge in [-0.1, -0.05) is 0 Å². The van der Waals surface area contributed by atoms with E-state index in [0.717, 1.165) is 42.0 Å². The summed E-state index contributed by atoms with van der Waals surface area (Å²) >= 11 is 0. The number of halogens is 3. The largest absolute Gasteiger partial charge is 0.367 e. The summed E-state index contributed by atoms with van der Waals surface area (Å²) in [6, 6.07) is 4.85. The van der Waals surface area contributed by atoms with Gasteiger partial charge < -0.3 is 19.9 Å². The number of hydrogen-bond donors (Lipinski definition) is 2. The van der Waals surface area contributed by atoms with Crippen molar-refractivity contribution in [1.82, 2.24) is 24.7 Å². The van der Waals surface area contributed by atoms with Crippen LogP contribution in [0.15, 0.2) is 43.0 Å². The lowest BCUT2D eigenvalue weighted by molar-refractivity contribution is 0.102. The second-order valence-corrected chi connectivity index (χ2v) is 7.92. The Balaban J connectivity index is 1.48. The maximum absolute atomic E-state index is 14.4. The number of hydrogen-bond acceptors (Lipinski definition) is 6. The van der Waals surface area contributed by atoms with E-state index in [2.05, 4.69) is 37.4 Å². The second kappa shape index (κ2) is 8.32. The van der Waals surface area contributed by atoms with Crippen LogP contribution in [0.3, 0.4) is 0 Å². The minimum Gasteiger partial charge on any atom is -0.367 e. The number of aromatic nitrogens is 4. The van der Waals surface area contributed by atoms with E-state index < -0.39 is 23.8 Å². The Morgan fingerprint density at radius 1 is 1.21 bits per heavy atom. The molecule has 1 amide bonds. The zero-order chi connectivity index (χ0) is 23.1. The molecular formula is C22H20F3N7O. The molecule has 1 atom stereocenters. The average Bonchev–Trinajstić information content (AvgIpc) is 3.23. The topological polar surface area (TPSA) is 87.5 Å². The summed E-state index contributed by atoms with van der Waals surface area (Å²) in [5.41, 5.74) is 1.48. The summed E-state index contributed by atoms with van der Waals surface area (Å²) in [6.07, 6.45) is 2.61. The molecule has 0 aliphatic carbocycles.